The number of rotatable bonds is 4. The molecule has 0 rings (SSSR count). The Kier molecular flexibility index (Phi) is 8.10. The van der Waals surface area contributed by atoms with Gasteiger partial charge in [0.1, 0.15) is 6.61 Å². The summed E-state index contributed by atoms with van der Waals surface area (Å²) in [6.07, 6.45) is 0.489. The molecule has 0 unspecified atom stereocenters. The highest BCUT2D eigenvalue weighted by Crippen LogP contribution is 2.24. The van der Waals surface area contributed by atoms with Crippen LogP contribution in [0.15, 0.2) is 6.07 Å². The monoisotopic (exact) mass is 472 g/mol. The van der Waals surface area contributed by atoms with Crippen molar-refractivity contribution in [2.75, 3.05) is 6.61 Å². The van der Waals surface area contributed by atoms with Crippen molar-refractivity contribution in [3.8, 4) is 0 Å². The molecule has 2 nitrogen and oxygen atoms in total. The number of carbonyl (C=O) groups is 1. The molecule has 0 fully saturated rings. The molecule has 0 radical (unpaired) electrons. The fraction of sp³-hybridized carbons (Fsp3) is 0.625. The molecule has 0 atom stereocenters. The molecular weight excluding hydrogens is 462 g/mol. The molecule has 0 aliphatic carbocycles. The van der Waals surface area contributed by atoms with Crippen LogP contribution in [0.4, 0.5) is 0 Å². The predicted octanol–water partition coefficient (Wildman–Crippen LogP) is 4.01. The lowest BCUT2D eigenvalue weighted by atomic mass is 10.1. The molecule has 0 aromatic rings. The Morgan fingerprint density at radius 2 is 2.00 bits per heavy atom. The van der Waals surface area contributed by atoms with Gasteiger partial charge in [-0.05, 0) is 67.0 Å². The molecule has 0 saturated carbocycles. The quantitative estimate of drug-likeness (QED) is 0.456. The summed E-state index contributed by atoms with van der Waals surface area (Å²) in [5, 5.41) is 0. The third-order valence-electron chi connectivity index (χ3n) is 1.14. The molecule has 0 aliphatic rings. The van der Waals surface area contributed by atoms with Crippen LogP contribution in [0.5, 0.6) is 0 Å². The second-order valence-corrected chi connectivity index (χ2v) is 7.58. The van der Waals surface area contributed by atoms with E-state index in [1.165, 1.54) is 0 Å². The summed E-state index contributed by atoms with van der Waals surface area (Å²) in [5.74, 6) is 0.228. The van der Waals surface area contributed by atoms with E-state index in [-0.39, 0.29) is 5.97 Å². The summed E-state index contributed by atoms with van der Waals surface area (Å²) in [4.78, 5) is 11.1. The third kappa shape index (κ3) is 8.17. The summed E-state index contributed by atoms with van der Waals surface area (Å²) in [5.41, 5.74) is 0. The van der Waals surface area contributed by atoms with Gasteiger partial charge in [-0.2, -0.15) is 0 Å². The number of hydrogen-bond donors (Lipinski definition) is 0. The Morgan fingerprint density at radius 3 is 2.38 bits per heavy atom. The molecule has 0 aromatic carbocycles. The highest BCUT2D eigenvalue weighted by molar-refractivity contribution is 14.1. The van der Waals surface area contributed by atoms with Crippen molar-refractivity contribution >= 4 is 67.1 Å². The zero-order chi connectivity index (χ0) is 10.4. The first kappa shape index (κ1) is 14.2. The minimum atomic E-state index is -0.130. The second-order valence-electron chi connectivity index (χ2n) is 2.92. The maximum absolute atomic E-state index is 11.1. The molecule has 0 amide bonds. The standard InChI is InChI=1S/C8H11BrI2O2/c1-5(2)3-7(12)13-4-6(10)8(9)11/h5H,3-4H2,1-2H3/b8-6+. The molecule has 0 heterocycles. The third-order valence-corrected chi connectivity index (χ3v) is 4.89. The molecule has 0 aromatic heterocycles. The van der Waals surface area contributed by atoms with Gasteiger partial charge in [0.05, 0.1) is 2.49 Å². The van der Waals surface area contributed by atoms with E-state index >= 15 is 0 Å². The summed E-state index contributed by atoms with van der Waals surface area (Å²) in [6, 6.07) is 0. The van der Waals surface area contributed by atoms with Gasteiger partial charge in [0.2, 0.25) is 0 Å². The van der Waals surface area contributed by atoms with E-state index in [2.05, 4.69) is 61.1 Å². The van der Waals surface area contributed by atoms with Crippen LogP contribution >= 0.6 is 61.1 Å². The van der Waals surface area contributed by atoms with Crippen LogP contribution in [0, 0.1) is 5.92 Å². The Hall–Kier alpha value is 1.15. The average molecular weight is 473 g/mol. The summed E-state index contributed by atoms with van der Waals surface area (Å²) in [7, 11) is 0. The Balaban J connectivity index is 3.78. The fourth-order valence-electron chi connectivity index (χ4n) is 0.591. The van der Waals surface area contributed by atoms with Crippen molar-refractivity contribution in [3.05, 3.63) is 6.07 Å². The first-order valence-corrected chi connectivity index (χ1v) is 6.73. The minimum Gasteiger partial charge on any atom is -0.460 e. The molecule has 5 heteroatoms. The van der Waals surface area contributed by atoms with Gasteiger partial charge >= 0.3 is 5.97 Å². The summed E-state index contributed by atoms with van der Waals surface area (Å²) >= 11 is 7.59. The lowest BCUT2D eigenvalue weighted by Crippen LogP contribution is -2.08. The van der Waals surface area contributed by atoms with E-state index in [1.807, 2.05) is 13.8 Å². The topological polar surface area (TPSA) is 26.3 Å². The van der Waals surface area contributed by atoms with Crippen LogP contribution in [0.3, 0.4) is 0 Å². The minimum absolute atomic E-state index is 0.130. The van der Waals surface area contributed by atoms with E-state index in [4.69, 9.17) is 4.74 Å². The highest BCUT2D eigenvalue weighted by atomic mass is 127. The molecule has 76 valence electrons. The lowest BCUT2D eigenvalue weighted by molar-refractivity contribution is -0.143. The molecule has 0 saturated heterocycles. The van der Waals surface area contributed by atoms with E-state index in [1.54, 1.807) is 0 Å². The number of halogens is 3. The second kappa shape index (κ2) is 7.44. The Bertz CT molecular complexity index is 210. The van der Waals surface area contributed by atoms with Gasteiger partial charge < -0.3 is 4.74 Å². The maximum atomic E-state index is 11.1. The summed E-state index contributed by atoms with van der Waals surface area (Å²) in [6.45, 7) is 4.36. The van der Waals surface area contributed by atoms with Crippen LogP contribution in [-0.2, 0) is 9.53 Å². The average Bonchev–Trinajstić information content (AvgIpc) is 1.98. The van der Waals surface area contributed by atoms with E-state index in [0.717, 1.165) is 6.07 Å². The van der Waals surface area contributed by atoms with Gasteiger partial charge in [-0.15, -0.1) is 0 Å². The van der Waals surface area contributed by atoms with E-state index in [9.17, 15) is 4.79 Å². The largest absolute Gasteiger partial charge is 0.460 e. The summed E-state index contributed by atoms with van der Waals surface area (Å²) < 4.78 is 7.04. The number of carbonyl (C=O) groups excluding carboxylic acids is 1. The fourth-order valence-corrected chi connectivity index (χ4v) is 1.02. The molecule has 0 bridgehead atoms. The van der Waals surface area contributed by atoms with Gasteiger partial charge in [-0.1, -0.05) is 13.8 Å². The first-order valence-electron chi connectivity index (χ1n) is 3.78. The van der Waals surface area contributed by atoms with E-state index in [0.29, 0.717) is 18.9 Å². The first-order chi connectivity index (χ1) is 5.93. The van der Waals surface area contributed by atoms with E-state index < -0.39 is 0 Å². The van der Waals surface area contributed by atoms with Crippen molar-refractivity contribution < 1.29 is 9.53 Å². The number of esters is 1. The zero-order valence-electron chi connectivity index (χ0n) is 7.44. The van der Waals surface area contributed by atoms with Gasteiger partial charge in [0.25, 0.3) is 0 Å². The number of hydrogen-bond acceptors (Lipinski definition) is 2. The smallest absolute Gasteiger partial charge is 0.306 e. The highest BCUT2D eigenvalue weighted by Gasteiger charge is 2.07. The van der Waals surface area contributed by atoms with Crippen molar-refractivity contribution in [2.45, 2.75) is 20.3 Å². The van der Waals surface area contributed by atoms with Crippen LogP contribution in [0.1, 0.15) is 20.3 Å². The van der Waals surface area contributed by atoms with Gasteiger partial charge in [0, 0.05) is 10.0 Å². The van der Waals surface area contributed by atoms with Crippen LogP contribution in [0.25, 0.3) is 0 Å². The van der Waals surface area contributed by atoms with Crippen LogP contribution in [-0.4, -0.2) is 12.6 Å². The lowest BCUT2D eigenvalue weighted by Gasteiger charge is -2.05. The number of ether oxygens (including phenoxy) is 1. The SMILES string of the molecule is CC(C)CC(=O)OC/C(I)=C(/Br)I. The Labute approximate surface area is 114 Å². The normalized spacial score (nSPS) is 12.8. The molecular formula is C8H11BrI2O2. The van der Waals surface area contributed by atoms with Crippen LogP contribution in [0.2, 0.25) is 0 Å². The van der Waals surface area contributed by atoms with Crippen molar-refractivity contribution in [3.63, 3.8) is 0 Å². The van der Waals surface area contributed by atoms with Crippen molar-refractivity contribution in [1.82, 2.24) is 0 Å². The Morgan fingerprint density at radius 1 is 1.46 bits per heavy atom. The predicted molar refractivity (Wildman–Crippen MR) is 74.4 cm³/mol. The van der Waals surface area contributed by atoms with Gasteiger partial charge in [-0.25, -0.2) is 0 Å². The zero-order valence-corrected chi connectivity index (χ0v) is 13.3. The van der Waals surface area contributed by atoms with Gasteiger partial charge in [0.15, 0.2) is 0 Å². The molecule has 0 N–H and O–H groups in total. The molecule has 0 spiro atoms. The van der Waals surface area contributed by atoms with Crippen molar-refractivity contribution in [2.24, 2.45) is 5.92 Å². The molecule has 13 heavy (non-hydrogen) atoms. The van der Waals surface area contributed by atoms with Gasteiger partial charge in [-0.3, -0.25) is 4.79 Å². The van der Waals surface area contributed by atoms with Crippen molar-refractivity contribution in [1.29, 1.82) is 0 Å². The maximum Gasteiger partial charge on any atom is 0.306 e. The molecule has 0 aliphatic heterocycles. The van der Waals surface area contributed by atoms with Crippen LogP contribution < -0.4 is 0 Å².